The summed E-state index contributed by atoms with van der Waals surface area (Å²) in [7, 11) is 1.75. The summed E-state index contributed by atoms with van der Waals surface area (Å²) in [6.07, 6.45) is 10.6. The van der Waals surface area contributed by atoms with E-state index in [0.717, 1.165) is 35.3 Å². The Kier molecular flexibility index (Phi) is 10.3. The van der Waals surface area contributed by atoms with Crippen molar-refractivity contribution in [2.75, 3.05) is 25.1 Å². The number of ether oxygens (including phenoxy) is 1. The predicted molar refractivity (Wildman–Crippen MR) is 126 cm³/mol. The summed E-state index contributed by atoms with van der Waals surface area (Å²) in [5.41, 5.74) is 3.23. The van der Waals surface area contributed by atoms with Crippen LogP contribution in [0.3, 0.4) is 0 Å². The van der Waals surface area contributed by atoms with Crippen molar-refractivity contribution in [1.29, 1.82) is 0 Å². The smallest absolute Gasteiger partial charge is 0.330 e. The fraction of sp³-hybridized carbons (Fsp3) is 0.400. The summed E-state index contributed by atoms with van der Waals surface area (Å²) in [6.45, 7) is 4.99. The zero-order chi connectivity index (χ0) is 22.5. The summed E-state index contributed by atoms with van der Waals surface area (Å²) >= 11 is 0. The Bertz CT molecular complexity index is 863. The maximum atomic E-state index is 12.6. The molecule has 0 aliphatic rings. The van der Waals surface area contributed by atoms with Gasteiger partial charge >= 0.3 is 12.0 Å². The van der Waals surface area contributed by atoms with Crippen molar-refractivity contribution in [3.05, 3.63) is 54.2 Å². The lowest BCUT2D eigenvalue weighted by atomic mass is 10.1. The Labute approximate surface area is 185 Å². The molecular formula is C25H33N3O3. The molecule has 1 aromatic carbocycles. The molecule has 0 unspecified atom stereocenters. The summed E-state index contributed by atoms with van der Waals surface area (Å²) in [6, 6.07) is 11.2. The second-order valence-corrected chi connectivity index (χ2v) is 7.28. The molecule has 0 aliphatic heterocycles. The lowest BCUT2D eigenvalue weighted by molar-refractivity contribution is -0.137. The van der Waals surface area contributed by atoms with Crippen LogP contribution in [0.2, 0.25) is 0 Å². The van der Waals surface area contributed by atoms with Gasteiger partial charge in [0.15, 0.2) is 0 Å². The van der Waals surface area contributed by atoms with Crippen molar-refractivity contribution in [3.63, 3.8) is 0 Å². The van der Waals surface area contributed by atoms with Crippen molar-refractivity contribution in [3.8, 4) is 11.3 Å². The van der Waals surface area contributed by atoms with Crippen LogP contribution in [0.25, 0.3) is 17.3 Å². The zero-order valence-corrected chi connectivity index (χ0v) is 18.8. The first-order valence-electron chi connectivity index (χ1n) is 11.0. The van der Waals surface area contributed by atoms with Crippen LogP contribution in [-0.4, -0.2) is 37.2 Å². The van der Waals surface area contributed by atoms with E-state index < -0.39 is 0 Å². The summed E-state index contributed by atoms with van der Waals surface area (Å²) < 4.78 is 4.89. The standard InChI is InChI=1S/C25H33N3O3/c1-4-6-7-8-9-18-27-25(30)28(3)22-11-10-19-26-24(22)21-15-12-20(13-16-21)14-17-23(29)31-5-2/h10-17,19H,4-9,18H2,1-3H3,(H,27,30). The van der Waals surface area contributed by atoms with Gasteiger partial charge in [-0.2, -0.15) is 0 Å². The van der Waals surface area contributed by atoms with Gasteiger partial charge in [-0.15, -0.1) is 0 Å². The minimum atomic E-state index is -0.364. The average molecular weight is 424 g/mol. The van der Waals surface area contributed by atoms with Crippen LogP contribution >= 0.6 is 0 Å². The number of unbranched alkanes of at least 4 members (excludes halogenated alkanes) is 4. The lowest BCUT2D eigenvalue weighted by Gasteiger charge is -2.20. The first kappa shape index (κ1) is 24.1. The molecule has 1 aromatic heterocycles. The second kappa shape index (κ2) is 13.2. The van der Waals surface area contributed by atoms with Gasteiger partial charge in [0, 0.05) is 31.4 Å². The van der Waals surface area contributed by atoms with Crippen LogP contribution in [0, 0.1) is 0 Å². The van der Waals surface area contributed by atoms with Gasteiger partial charge in [-0.1, -0.05) is 56.9 Å². The number of anilines is 1. The lowest BCUT2D eigenvalue weighted by Crippen LogP contribution is -2.38. The van der Waals surface area contributed by atoms with Gasteiger partial charge in [-0.25, -0.2) is 9.59 Å². The molecule has 2 rings (SSSR count). The number of carbonyl (C=O) groups excluding carboxylic acids is 2. The Morgan fingerprint density at radius 2 is 1.81 bits per heavy atom. The number of pyridine rings is 1. The number of esters is 1. The first-order chi connectivity index (χ1) is 15.1. The molecular weight excluding hydrogens is 390 g/mol. The molecule has 0 saturated carbocycles. The summed E-state index contributed by atoms with van der Waals surface area (Å²) in [5, 5.41) is 2.99. The highest BCUT2D eigenvalue weighted by Gasteiger charge is 2.16. The predicted octanol–water partition coefficient (Wildman–Crippen LogP) is 5.44. The van der Waals surface area contributed by atoms with Crippen molar-refractivity contribution < 1.29 is 14.3 Å². The van der Waals surface area contributed by atoms with E-state index in [9.17, 15) is 9.59 Å². The molecule has 0 aliphatic carbocycles. The van der Waals surface area contributed by atoms with Crippen molar-refractivity contribution in [2.24, 2.45) is 0 Å². The molecule has 2 amide bonds. The van der Waals surface area contributed by atoms with Gasteiger partial charge in [-0.3, -0.25) is 9.88 Å². The maximum absolute atomic E-state index is 12.6. The quantitative estimate of drug-likeness (QED) is 0.297. The number of amides is 2. The number of aromatic nitrogens is 1. The fourth-order valence-corrected chi connectivity index (χ4v) is 3.15. The average Bonchev–Trinajstić information content (AvgIpc) is 2.80. The Hall–Kier alpha value is -3.15. The zero-order valence-electron chi connectivity index (χ0n) is 18.8. The summed E-state index contributed by atoms with van der Waals surface area (Å²) in [4.78, 5) is 30.2. The van der Waals surface area contributed by atoms with Gasteiger partial charge in [0.05, 0.1) is 18.0 Å². The molecule has 0 bridgehead atoms. The van der Waals surface area contributed by atoms with Crippen molar-refractivity contribution in [1.82, 2.24) is 10.3 Å². The summed E-state index contributed by atoms with van der Waals surface area (Å²) in [5.74, 6) is -0.364. The van der Waals surface area contributed by atoms with E-state index in [1.807, 2.05) is 36.4 Å². The SMILES string of the molecule is CCCCCCCNC(=O)N(C)c1cccnc1-c1ccc(C=CC(=O)OCC)cc1. The van der Waals surface area contributed by atoms with Crippen LogP contribution in [0.5, 0.6) is 0 Å². The van der Waals surface area contributed by atoms with E-state index in [4.69, 9.17) is 4.74 Å². The van der Waals surface area contributed by atoms with E-state index in [1.165, 1.54) is 25.3 Å². The number of nitrogens with one attached hydrogen (secondary N) is 1. The van der Waals surface area contributed by atoms with E-state index >= 15 is 0 Å². The van der Waals surface area contributed by atoms with Gasteiger partial charge < -0.3 is 10.1 Å². The number of nitrogens with zero attached hydrogens (tertiary/aromatic N) is 2. The van der Waals surface area contributed by atoms with E-state index in [0.29, 0.717) is 13.2 Å². The largest absolute Gasteiger partial charge is 0.463 e. The second-order valence-electron chi connectivity index (χ2n) is 7.28. The van der Waals surface area contributed by atoms with Gasteiger partial charge in [0.2, 0.25) is 0 Å². The molecule has 2 aromatic rings. The van der Waals surface area contributed by atoms with Gasteiger partial charge in [0.25, 0.3) is 0 Å². The Morgan fingerprint density at radius 3 is 2.52 bits per heavy atom. The molecule has 0 radical (unpaired) electrons. The molecule has 1 N–H and O–H groups in total. The minimum absolute atomic E-state index is 0.140. The van der Waals surface area contributed by atoms with Crippen LogP contribution in [-0.2, 0) is 9.53 Å². The molecule has 1 heterocycles. The van der Waals surface area contributed by atoms with E-state index in [2.05, 4.69) is 17.2 Å². The van der Waals surface area contributed by atoms with Crippen LogP contribution in [0.15, 0.2) is 48.7 Å². The monoisotopic (exact) mass is 423 g/mol. The van der Waals surface area contributed by atoms with Crippen molar-refractivity contribution in [2.45, 2.75) is 46.0 Å². The molecule has 0 atom stereocenters. The highest BCUT2D eigenvalue weighted by atomic mass is 16.5. The van der Waals surface area contributed by atoms with Crippen LogP contribution < -0.4 is 10.2 Å². The van der Waals surface area contributed by atoms with Gasteiger partial charge in [0.1, 0.15) is 0 Å². The number of carbonyl (C=O) groups is 2. The highest BCUT2D eigenvalue weighted by Crippen LogP contribution is 2.28. The Morgan fingerprint density at radius 1 is 1.06 bits per heavy atom. The number of benzene rings is 1. The third-order valence-electron chi connectivity index (χ3n) is 4.89. The number of hydrogen-bond acceptors (Lipinski definition) is 4. The molecule has 166 valence electrons. The maximum Gasteiger partial charge on any atom is 0.330 e. The Balaban J connectivity index is 2.04. The minimum Gasteiger partial charge on any atom is -0.463 e. The van der Waals surface area contributed by atoms with Crippen LogP contribution in [0.4, 0.5) is 10.5 Å². The topological polar surface area (TPSA) is 71.5 Å². The molecule has 6 nitrogen and oxygen atoms in total. The van der Waals surface area contributed by atoms with Gasteiger partial charge in [-0.05, 0) is 37.1 Å². The number of urea groups is 1. The third-order valence-corrected chi connectivity index (χ3v) is 4.89. The van der Waals surface area contributed by atoms with E-state index in [-0.39, 0.29) is 12.0 Å². The normalized spacial score (nSPS) is 10.8. The molecule has 31 heavy (non-hydrogen) atoms. The molecule has 6 heteroatoms. The first-order valence-corrected chi connectivity index (χ1v) is 11.0. The van der Waals surface area contributed by atoms with Crippen molar-refractivity contribution >= 4 is 23.8 Å². The number of hydrogen-bond donors (Lipinski definition) is 1. The van der Waals surface area contributed by atoms with E-state index in [1.54, 1.807) is 31.1 Å². The molecule has 0 spiro atoms. The van der Waals surface area contributed by atoms with Crippen LogP contribution in [0.1, 0.15) is 51.5 Å². The fourth-order valence-electron chi connectivity index (χ4n) is 3.15. The highest BCUT2D eigenvalue weighted by molar-refractivity contribution is 5.95. The molecule has 0 saturated heterocycles. The molecule has 0 fully saturated rings. The number of rotatable bonds is 11. The third kappa shape index (κ3) is 7.89.